The van der Waals surface area contributed by atoms with E-state index in [9.17, 15) is 24.3 Å². The average molecular weight is 580 g/mol. The molecule has 222 valence electrons. The van der Waals surface area contributed by atoms with Crippen molar-refractivity contribution in [2.45, 2.75) is 69.5 Å². The van der Waals surface area contributed by atoms with E-state index in [4.69, 9.17) is 9.47 Å². The maximum absolute atomic E-state index is 14.4. The van der Waals surface area contributed by atoms with Crippen LogP contribution in [0.15, 0.2) is 36.7 Å². The lowest BCUT2D eigenvalue weighted by Gasteiger charge is -2.32. The van der Waals surface area contributed by atoms with Gasteiger partial charge in [-0.3, -0.25) is 9.78 Å². The molecule has 0 unspecified atom stereocenters. The number of hydrogen-bond acceptors (Lipinski definition) is 9. The second kappa shape index (κ2) is 12.3. The van der Waals surface area contributed by atoms with Crippen LogP contribution in [0.4, 0.5) is 14.9 Å². The van der Waals surface area contributed by atoms with Crippen molar-refractivity contribution in [3.05, 3.63) is 47.8 Å². The van der Waals surface area contributed by atoms with Crippen molar-refractivity contribution in [3.8, 4) is 17.5 Å². The summed E-state index contributed by atoms with van der Waals surface area (Å²) in [5.41, 5.74) is 1.51. The van der Waals surface area contributed by atoms with Crippen LogP contribution in [-0.2, 0) is 9.47 Å². The number of carbonyl (C=O) groups excluding carboxylic acids is 2. The number of ether oxygens (including phenoxy) is 2. The Morgan fingerprint density at radius 2 is 1.95 bits per heavy atom. The minimum absolute atomic E-state index is 0.00609. The summed E-state index contributed by atoms with van der Waals surface area (Å²) in [7, 11) is 0. The number of rotatable bonds is 9. The van der Waals surface area contributed by atoms with Gasteiger partial charge in [-0.2, -0.15) is 10.4 Å². The highest BCUT2D eigenvalue weighted by atomic mass is 19.1. The number of nitrogens with zero attached hydrogens (tertiary/aromatic N) is 4. The molecule has 12 nitrogen and oxygen atoms in total. The Morgan fingerprint density at radius 1 is 1.21 bits per heavy atom. The molecule has 2 aliphatic rings. The van der Waals surface area contributed by atoms with Crippen LogP contribution in [-0.4, -0.2) is 81.4 Å². The van der Waals surface area contributed by atoms with Crippen LogP contribution in [0.25, 0.3) is 16.9 Å². The zero-order valence-corrected chi connectivity index (χ0v) is 23.5. The first-order chi connectivity index (χ1) is 20.1. The van der Waals surface area contributed by atoms with Crippen LogP contribution < -0.4 is 16.0 Å². The number of pyridine rings is 1. The fraction of sp³-hybridized carbons (Fsp3) is 0.483. The van der Waals surface area contributed by atoms with Crippen LogP contribution in [0, 0.1) is 11.3 Å². The number of alkyl halides is 1. The zero-order valence-electron chi connectivity index (χ0n) is 23.5. The molecule has 0 aromatic carbocycles. The highest BCUT2D eigenvalue weighted by Gasteiger charge is 2.29. The number of carbonyl (C=O) groups is 2. The lowest BCUT2D eigenvalue weighted by Crippen LogP contribution is -2.45. The van der Waals surface area contributed by atoms with Crippen LogP contribution in [0.3, 0.4) is 0 Å². The molecule has 1 atom stereocenters. The van der Waals surface area contributed by atoms with Crippen molar-refractivity contribution in [1.29, 1.82) is 5.26 Å². The van der Waals surface area contributed by atoms with E-state index in [0.717, 1.165) is 31.2 Å². The molecule has 4 heterocycles. The molecule has 2 amide bonds. The number of aromatic nitrogens is 3. The Balaban J connectivity index is 1.32. The third kappa shape index (κ3) is 6.78. The van der Waals surface area contributed by atoms with Crippen molar-refractivity contribution in [3.63, 3.8) is 0 Å². The standard InChI is InChI=1S/C29H34FN7O5/c1-29(2,40)26(30)14-33-27(38)22-13-32-24(25-8-7-20-9-17(11-31)12-34-37(20)25)10-23(22)35-18-3-5-19(6-4-18)36-28(39)42-21-15-41-16-21/h7-10,12-13,18-19,21,26,40H,3-6,14-16H2,1-2H3,(H,32,35)(H,33,38)(H,36,39)/t18?,19?,26-/m1/s1. The van der Waals surface area contributed by atoms with Crippen LogP contribution in [0.5, 0.6) is 0 Å². The smallest absolute Gasteiger partial charge is 0.407 e. The minimum Gasteiger partial charge on any atom is -0.441 e. The first-order valence-electron chi connectivity index (χ1n) is 13.9. The number of nitriles is 1. The number of fused-ring (bicyclic) bond motifs is 1. The molecule has 1 aliphatic carbocycles. The number of aliphatic hydroxyl groups is 1. The SMILES string of the molecule is CC(C)(O)[C@H](F)CNC(=O)c1cnc(-c2ccc3cc(C#N)cnn23)cc1NC1CCC(NC(=O)OC2COC2)CC1. The molecule has 4 N–H and O–H groups in total. The largest absolute Gasteiger partial charge is 0.441 e. The molecule has 3 aromatic heterocycles. The van der Waals surface area contributed by atoms with Crippen molar-refractivity contribution in [1.82, 2.24) is 25.2 Å². The Hall–Kier alpha value is -4.28. The maximum atomic E-state index is 14.4. The number of hydrogen-bond donors (Lipinski definition) is 4. The molecule has 42 heavy (non-hydrogen) atoms. The molecule has 0 bridgehead atoms. The normalized spacial score (nSPS) is 19.8. The van der Waals surface area contributed by atoms with Gasteiger partial charge in [-0.1, -0.05) is 0 Å². The van der Waals surface area contributed by atoms with Gasteiger partial charge in [0.1, 0.15) is 12.2 Å². The van der Waals surface area contributed by atoms with Gasteiger partial charge in [-0.15, -0.1) is 0 Å². The lowest BCUT2D eigenvalue weighted by atomic mass is 9.91. The Morgan fingerprint density at radius 3 is 2.62 bits per heavy atom. The lowest BCUT2D eigenvalue weighted by molar-refractivity contribution is -0.0985. The first kappa shape index (κ1) is 29.2. The number of anilines is 1. The Bertz CT molecular complexity index is 1490. The molecule has 0 radical (unpaired) electrons. The van der Waals surface area contributed by atoms with E-state index in [1.54, 1.807) is 16.6 Å². The molecule has 2 fully saturated rings. The first-order valence-corrected chi connectivity index (χ1v) is 13.9. The number of amides is 2. The van der Waals surface area contributed by atoms with Gasteiger partial charge >= 0.3 is 6.09 Å². The predicted molar refractivity (Wildman–Crippen MR) is 151 cm³/mol. The molecule has 1 saturated carbocycles. The quantitative estimate of drug-likeness (QED) is 0.298. The van der Waals surface area contributed by atoms with Crippen molar-refractivity contribution < 1.29 is 28.6 Å². The molecule has 1 saturated heterocycles. The molecular formula is C29H34FN7O5. The number of nitrogens with one attached hydrogen (secondary N) is 3. The van der Waals surface area contributed by atoms with Gasteiger partial charge in [0, 0.05) is 18.3 Å². The van der Waals surface area contributed by atoms with Gasteiger partial charge in [-0.25, -0.2) is 13.7 Å². The fourth-order valence-corrected chi connectivity index (χ4v) is 4.91. The van der Waals surface area contributed by atoms with Crippen molar-refractivity contribution in [2.75, 3.05) is 25.1 Å². The molecule has 13 heteroatoms. The topological polar surface area (TPSA) is 163 Å². The monoisotopic (exact) mass is 579 g/mol. The van der Waals surface area contributed by atoms with Crippen LogP contribution >= 0.6 is 0 Å². The van der Waals surface area contributed by atoms with Crippen LogP contribution in [0.1, 0.15) is 55.5 Å². The highest BCUT2D eigenvalue weighted by Crippen LogP contribution is 2.29. The van der Waals surface area contributed by atoms with Gasteiger partial charge in [-0.05, 0) is 63.8 Å². The van der Waals surface area contributed by atoms with Crippen molar-refractivity contribution in [2.24, 2.45) is 0 Å². The van der Waals surface area contributed by atoms with Gasteiger partial charge in [0.2, 0.25) is 0 Å². The van der Waals surface area contributed by atoms with E-state index >= 15 is 0 Å². The second-order valence-electron chi connectivity index (χ2n) is 11.3. The van der Waals surface area contributed by atoms with E-state index < -0.39 is 23.8 Å². The molecule has 5 rings (SSSR count). The predicted octanol–water partition coefficient (Wildman–Crippen LogP) is 2.95. The minimum atomic E-state index is -1.66. The maximum Gasteiger partial charge on any atom is 0.407 e. The summed E-state index contributed by atoms with van der Waals surface area (Å²) in [5, 5.41) is 32.4. The van der Waals surface area contributed by atoms with E-state index in [1.165, 1.54) is 26.2 Å². The molecule has 3 aromatic rings. The van der Waals surface area contributed by atoms with Crippen LogP contribution in [0.2, 0.25) is 0 Å². The summed E-state index contributed by atoms with van der Waals surface area (Å²) >= 11 is 0. The summed E-state index contributed by atoms with van der Waals surface area (Å²) in [5.74, 6) is -0.529. The molecular weight excluding hydrogens is 545 g/mol. The second-order valence-corrected chi connectivity index (χ2v) is 11.3. The summed E-state index contributed by atoms with van der Waals surface area (Å²) in [6.45, 7) is 3.17. The Kier molecular flexibility index (Phi) is 8.56. The van der Waals surface area contributed by atoms with Crippen molar-refractivity contribution >= 4 is 23.2 Å². The van der Waals surface area contributed by atoms with E-state index in [-0.39, 0.29) is 30.3 Å². The van der Waals surface area contributed by atoms with E-state index in [2.05, 4.69) is 32.1 Å². The molecule has 1 aliphatic heterocycles. The summed E-state index contributed by atoms with van der Waals surface area (Å²) < 4.78 is 26.4. The number of halogens is 1. The molecule has 0 spiro atoms. The van der Waals surface area contributed by atoms with E-state index in [1.807, 2.05) is 12.1 Å². The van der Waals surface area contributed by atoms with E-state index in [0.29, 0.717) is 35.9 Å². The highest BCUT2D eigenvalue weighted by molar-refractivity contribution is 6.00. The fourth-order valence-electron chi connectivity index (χ4n) is 4.91. The van der Waals surface area contributed by atoms with Gasteiger partial charge in [0.25, 0.3) is 5.91 Å². The van der Waals surface area contributed by atoms with Gasteiger partial charge in [0.15, 0.2) is 6.10 Å². The summed E-state index contributed by atoms with van der Waals surface area (Å²) in [4.78, 5) is 29.8. The summed E-state index contributed by atoms with van der Waals surface area (Å²) in [6.07, 6.45) is 3.51. The number of alkyl carbamates (subject to hydrolysis) is 1. The van der Waals surface area contributed by atoms with Gasteiger partial charge in [0.05, 0.1) is 65.3 Å². The summed E-state index contributed by atoms with van der Waals surface area (Å²) in [6, 6.07) is 9.19. The third-order valence-corrected chi connectivity index (χ3v) is 7.54. The average Bonchev–Trinajstić information content (AvgIpc) is 3.37. The zero-order chi connectivity index (χ0) is 29.9. The third-order valence-electron chi connectivity index (χ3n) is 7.54. The van der Waals surface area contributed by atoms with Gasteiger partial charge < -0.3 is 30.5 Å². The Labute approximate surface area is 242 Å².